The van der Waals surface area contributed by atoms with Crippen LogP contribution in [0.1, 0.15) is 48.6 Å². The Morgan fingerprint density at radius 1 is 1.27 bits per heavy atom. The van der Waals surface area contributed by atoms with Gasteiger partial charge in [-0.05, 0) is 62.4 Å². The van der Waals surface area contributed by atoms with Crippen molar-refractivity contribution in [1.82, 2.24) is 4.57 Å². The summed E-state index contributed by atoms with van der Waals surface area (Å²) in [6.07, 6.45) is 7.60. The Morgan fingerprint density at radius 3 is 2.92 bits per heavy atom. The number of carbonyl (C=O) groups excluding carboxylic acids is 1. The van der Waals surface area contributed by atoms with Crippen LogP contribution in [0.25, 0.3) is 0 Å². The molecule has 2 aliphatic rings. The van der Waals surface area contributed by atoms with Gasteiger partial charge in [0.05, 0.1) is 11.8 Å². The fourth-order valence-corrected chi connectivity index (χ4v) is 3.46. The first-order chi connectivity index (χ1) is 12.7. The highest BCUT2D eigenvalue weighted by molar-refractivity contribution is 6.31. The van der Waals surface area contributed by atoms with Crippen molar-refractivity contribution >= 4 is 23.2 Å². The lowest BCUT2D eigenvalue weighted by Crippen LogP contribution is -2.26. The molecular weight excluding hydrogens is 352 g/mol. The van der Waals surface area contributed by atoms with Crippen LogP contribution in [0.4, 0.5) is 5.69 Å². The molecule has 0 spiro atoms. The van der Waals surface area contributed by atoms with Crippen LogP contribution in [0.3, 0.4) is 0 Å². The van der Waals surface area contributed by atoms with E-state index in [1.54, 1.807) is 18.2 Å². The maximum absolute atomic E-state index is 12.7. The molecule has 4 rings (SSSR count). The lowest BCUT2D eigenvalue weighted by Gasteiger charge is -2.23. The number of carbonyl (C=O) groups is 1. The van der Waals surface area contributed by atoms with Gasteiger partial charge in [0.15, 0.2) is 0 Å². The minimum Gasteiger partial charge on any atom is -0.489 e. The first-order valence-corrected chi connectivity index (χ1v) is 9.60. The summed E-state index contributed by atoms with van der Waals surface area (Å²) in [5.74, 6) is 0.462. The van der Waals surface area contributed by atoms with Crippen molar-refractivity contribution in [2.75, 3.05) is 18.5 Å². The molecule has 5 nitrogen and oxygen atoms in total. The highest BCUT2D eigenvalue weighted by Crippen LogP contribution is 2.36. The van der Waals surface area contributed by atoms with Crippen molar-refractivity contribution in [3.8, 4) is 5.75 Å². The number of amides is 1. The second kappa shape index (κ2) is 7.72. The van der Waals surface area contributed by atoms with Gasteiger partial charge in [0, 0.05) is 23.9 Å². The summed E-state index contributed by atoms with van der Waals surface area (Å²) in [6, 6.07) is 9.48. The van der Waals surface area contributed by atoms with Crippen molar-refractivity contribution in [3.63, 3.8) is 0 Å². The number of hydrogen-bond acceptors (Lipinski definition) is 3. The molecule has 2 heterocycles. The Morgan fingerprint density at radius 2 is 2.15 bits per heavy atom. The molecule has 1 saturated carbocycles. The number of nitrogens with one attached hydrogen (secondary N) is 1. The van der Waals surface area contributed by atoms with E-state index in [0.29, 0.717) is 34.8 Å². The van der Waals surface area contributed by atoms with E-state index in [4.69, 9.17) is 21.1 Å². The highest BCUT2D eigenvalue weighted by atomic mass is 35.5. The van der Waals surface area contributed by atoms with E-state index >= 15 is 0 Å². The zero-order chi connectivity index (χ0) is 17.9. The van der Waals surface area contributed by atoms with Gasteiger partial charge in [-0.15, -0.1) is 0 Å². The van der Waals surface area contributed by atoms with Crippen molar-refractivity contribution in [2.45, 2.75) is 44.2 Å². The number of ether oxygens (including phenoxy) is 2. The maximum atomic E-state index is 12.7. The van der Waals surface area contributed by atoms with Crippen LogP contribution in [0.5, 0.6) is 5.75 Å². The number of aromatic nitrogens is 1. The molecule has 1 N–H and O–H groups in total. The van der Waals surface area contributed by atoms with E-state index in [0.717, 1.165) is 38.7 Å². The zero-order valence-corrected chi connectivity index (χ0v) is 15.4. The van der Waals surface area contributed by atoms with Crippen LogP contribution in [-0.2, 0) is 4.74 Å². The second-order valence-corrected chi connectivity index (χ2v) is 7.36. The number of nitrogens with zero attached hydrogens (tertiary/aromatic N) is 1. The van der Waals surface area contributed by atoms with Crippen LogP contribution >= 0.6 is 11.6 Å². The second-order valence-electron chi connectivity index (χ2n) is 6.93. The SMILES string of the molecule is O=C(Nc1cc(Cl)ccc1OCC1CCCCO1)c1cccn1C1CC1. The third kappa shape index (κ3) is 4.05. The summed E-state index contributed by atoms with van der Waals surface area (Å²) in [6.45, 7) is 1.26. The molecule has 1 aliphatic carbocycles. The van der Waals surface area contributed by atoms with Gasteiger partial charge in [-0.25, -0.2) is 0 Å². The number of rotatable bonds is 6. The number of anilines is 1. The Kier molecular flexibility index (Phi) is 5.18. The third-order valence-electron chi connectivity index (χ3n) is 4.84. The summed E-state index contributed by atoms with van der Waals surface area (Å²) < 4.78 is 13.7. The van der Waals surface area contributed by atoms with E-state index in [2.05, 4.69) is 5.32 Å². The molecule has 1 aromatic carbocycles. The molecule has 1 aromatic heterocycles. The molecule has 1 unspecified atom stereocenters. The topological polar surface area (TPSA) is 52.5 Å². The van der Waals surface area contributed by atoms with E-state index < -0.39 is 0 Å². The lowest BCUT2D eigenvalue weighted by molar-refractivity contribution is -0.0109. The predicted molar refractivity (Wildman–Crippen MR) is 101 cm³/mol. The number of benzene rings is 1. The molecule has 0 bridgehead atoms. The molecule has 1 amide bonds. The maximum Gasteiger partial charge on any atom is 0.272 e. The first kappa shape index (κ1) is 17.4. The van der Waals surface area contributed by atoms with Crippen LogP contribution in [0.15, 0.2) is 36.5 Å². The molecule has 1 atom stereocenters. The summed E-state index contributed by atoms with van der Waals surface area (Å²) in [5, 5.41) is 3.51. The Hall–Kier alpha value is -1.98. The zero-order valence-electron chi connectivity index (χ0n) is 14.6. The van der Waals surface area contributed by atoms with E-state index in [9.17, 15) is 4.79 Å². The normalized spacial score (nSPS) is 20.0. The minimum atomic E-state index is -0.150. The fourth-order valence-electron chi connectivity index (χ4n) is 3.29. The van der Waals surface area contributed by atoms with Gasteiger partial charge in [0.25, 0.3) is 5.91 Å². The van der Waals surface area contributed by atoms with Gasteiger partial charge in [-0.1, -0.05) is 11.6 Å². The number of halogens is 1. The fraction of sp³-hybridized carbons (Fsp3) is 0.450. The summed E-state index contributed by atoms with van der Waals surface area (Å²) in [7, 11) is 0. The third-order valence-corrected chi connectivity index (χ3v) is 5.08. The average Bonchev–Trinajstić information content (AvgIpc) is 3.38. The Bertz CT molecular complexity index is 779. The van der Waals surface area contributed by atoms with Crippen molar-refractivity contribution < 1.29 is 14.3 Å². The predicted octanol–water partition coefficient (Wildman–Crippen LogP) is 4.68. The minimum absolute atomic E-state index is 0.107. The molecular formula is C20H23ClN2O3. The van der Waals surface area contributed by atoms with Gasteiger partial charge in [0.1, 0.15) is 18.1 Å². The van der Waals surface area contributed by atoms with Crippen LogP contribution in [0, 0.1) is 0 Å². The van der Waals surface area contributed by atoms with Crippen LogP contribution in [-0.4, -0.2) is 29.8 Å². The highest BCUT2D eigenvalue weighted by Gasteiger charge is 2.27. The summed E-state index contributed by atoms with van der Waals surface area (Å²) in [4.78, 5) is 12.7. The molecule has 138 valence electrons. The monoisotopic (exact) mass is 374 g/mol. The average molecular weight is 375 g/mol. The van der Waals surface area contributed by atoms with Crippen LogP contribution in [0.2, 0.25) is 5.02 Å². The summed E-state index contributed by atoms with van der Waals surface area (Å²) in [5.41, 5.74) is 1.25. The van der Waals surface area contributed by atoms with E-state index in [1.165, 1.54) is 0 Å². The number of hydrogen-bond donors (Lipinski definition) is 1. The quantitative estimate of drug-likeness (QED) is 0.798. The molecule has 1 saturated heterocycles. The molecule has 2 fully saturated rings. The molecule has 2 aromatic rings. The van der Waals surface area contributed by atoms with Gasteiger partial charge < -0.3 is 19.4 Å². The van der Waals surface area contributed by atoms with Crippen molar-refractivity contribution in [3.05, 3.63) is 47.2 Å². The molecule has 6 heteroatoms. The van der Waals surface area contributed by atoms with Crippen LogP contribution < -0.4 is 10.1 Å². The van der Waals surface area contributed by atoms with Gasteiger partial charge >= 0.3 is 0 Å². The van der Waals surface area contributed by atoms with Crippen molar-refractivity contribution in [2.24, 2.45) is 0 Å². The van der Waals surface area contributed by atoms with E-state index in [-0.39, 0.29) is 12.0 Å². The largest absolute Gasteiger partial charge is 0.489 e. The van der Waals surface area contributed by atoms with Gasteiger partial charge in [0.2, 0.25) is 0 Å². The Balaban J connectivity index is 1.47. The molecule has 26 heavy (non-hydrogen) atoms. The van der Waals surface area contributed by atoms with Crippen molar-refractivity contribution in [1.29, 1.82) is 0 Å². The molecule has 1 aliphatic heterocycles. The Labute approximate surface area is 158 Å². The summed E-state index contributed by atoms with van der Waals surface area (Å²) >= 11 is 6.13. The smallest absolute Gasteiger partial charge is 0.272 e. The first-order valence-electron chi connectivity index (χ1n) is 9.23. The van der Waals surface area contributed by atoms with Gasteiger partial charge in [-0.3, -0.25) is 4.79 Å². The van der Waals surface area contributed by atoms with Gasteiger partial charge in [-0.2, -0.15) is 0 Å². The molecule has 0 radical (unpaired) electrons. The standard InChI is InChI=1S/C20H23ClN2O3/c21-14-6-9-19(26-13-16-4-1-2-11-25-16)17(12-14)22-20(24)18-5-3-10-23(18)15-7-8-15/h3,5-6,9-10,12,15-16H,1-2,4,7-8,11,13H2,(H,22,24). The lowest BCUT2D eigenvalue weighted by atomic mass is 10.1. The van der Waals surface area contributed by atoms with E-state index in [1.807, 2.05) is 22.9 Å².